The predicted octanol–water partition coefficient (Wildman–Crippen LogP) is 0.609. The van der Waals surface area contributed by atoms with Gasteiger partial charge in [-0.1, -0.05) is 0 Å². The van der Waals surface area contributed by atoms with Gasteiger partial charge in [-0.2, -0.15) is 18.3 Å². The molecular weight excluding hydrogens is 253 g/mol. The summed E-state index contributed by atoms with van der Waals surface area (Å²) in [5, 5.41) is 8.53. The molecule has 4 N–H and O–H groups in total. The van der Waals surface area contributed by atoms with Gasteiger partial charge in [0.05, 0.1) is 6.61 Å². The number of nitrogens with one attached hydrogen (secondary N) is 2. The summed E-state index contributed by atoms with van der Waals surface area (Å²) >= 11 is 0. The zero-order chi connectivity index (χ0) is 13.8. The molecule has 9 heteroatoms. The molecule has 1 amide bonds. The first-order valence-electron chi connectivity index (χ1n) is 5.04. The molecule has 1 rings (SSSR count). The number of H-pyrrole nitrogens is 1. The van der Waals surface area contributed by atoms with Crippen LogP contribution >= 0.6 is 0 Å². The molecule has 0 aliphatic rings. The third-order valence-electron chi connectivity index (χ3n) is 2.00. The van der Waals surface area contributed by atoms with E-state index in [2.05, 4.69) is 20.3 Å². The minimum atomic E-state index is -4.37. The number of ether oxygens (including phenoxy) is 1. The summed E-state index contributed by atoms with van der Waals surface area (Å²) in [5.74, 6) is -0.462. The molecule has 1 aromatic rings. The topological polar surface area (TPSA) is 93.0 Å². The van der Waals surface area contributed by atoms with Crippen molar-refractivity contribution in [2.24, 2.45) is 0 Å². The molecule has 0 spiro atoms. The number of nitrogen functional groups attached to an aromatic ring is 1. The van der Waals surface area contributed by atoms with E-state index in [1.54, 1.807) is 6.92 Å². The van der Waals surface area contributed by atoms with Gasteiger partial charge >= 0.3 is 6.18 Å². The van der Waals surface area contributed by atoms with Crippen molar-refractivity contribution < 1.29 is 22.7 Å². The first kappa shape index (κ1) is 14.3. The SMILES string of the molecule is Cc1[nH]nc(N)c1C(=O)NCCOCC(F)(F)F. The molecule has 0 bridgehead atoms. The number of aromatic amines is 1. The molecule has 0 aliphatic carbocycles. The average molecular weight is 266 g/mol. The number of carbonyl (C=O) groups is 1. The molecule has 0 radical (unpaired) electrons. The molecule has 18 heavy (non-hydrogen) atoms. The van der Waals surface area contributed by atoms with Crippen molar-refractivity contribution in [3.05, 3.63) is 11.3 Å². The Labute approximate surface area is 101 Å². The van der Waals surface area contributed by atoms with E-state index in [9.17, 15) is 18.0 Å². The van der Waals surface area contributed by atoms with Crippen LogP contribution in [0.5, 0.6) is 0 Å². The highest BCUT2D eigenvalue weighted by molar-refractivity contribution is 5.99. The molecule has 0 aliphatic heterocycles. The molecule has 1 heterocycles. The molecule has 0 aromatic carbocycles. The summed E-state index contributed by atoms with van der Waals surface area (Å²) < 4.78 is 39.5. The van der Waals surface area contributed by atoms with Crippen LogP contribution in [-0.2, 0) is 4.74 Å². The van der Waals surface area contributed by atoms with Crippen molar-refractivity contribution in [3.8, 4) is 0 Å². The van der Waals surface area contributed by atoms with E-state index in [1.165, 1.54) is 0 Å². The Kier molecular flexibility index (Phi) is 4.54. The number of amides is 1. The fraction of sp³-hybridized carbons (Fsp3) is 0.556. The minimum absolute atomic E-state index is 0.0427. The lowest BCUT2D eigenvalue weighted by Crippen LogP contribution is -2.29. The number of hydrogen-bond acceptors (Lipinski definition) is 4. The number of nitrogens with zero attached hydrogens (tertiary/aromatic N) is 1. The van der Waals surface area contributed by atoms with Crippen LogP contribution in [0, 0.1) is 6.92 Å². The first-order chi connectivity index (χ1) is 8.31. The molecule has 6 nitrogen and oxygen atoms in total. The third kappa shape index (κ3) is 4.24. The van der Waals surface area contributed by atoms with Crippen LogP contribution < -0.4 is 11.1 Å². The quantitative estimate of drug-likeness (QED) is 0.681. The van der Waals surface area contributed by atoms with Gasteiger partial charge in [0.2, 0.25) is 0 Å². The highest BCUT2D eigenvalue weighted by atomic mass is 19.4. The first-order valence-corrected chi connectivity index (χ1v) is 5.04. The molecule has 0 fully saturated rings. The number of nitrogens with two attached hydrogens (primary N) is 1. The van der Waals surface area contributed by atoms with Gasteiger partial charge in [0.25, 0.3) is 5.91 Å². The lowest BCUT2D eigenvalue weighted by molar-refractivity contribution is -0.173. The molecule has 0 saturated heterocycles. The van der Waals surface area contributed by atoms with E-state index in [-0.39, 0.29) is 24.5 Å². The zero-order valence-electron chi connectivity index (χ0n) is 9.60. The Morgan fingerprint density at radius 1 is 1.56 bits per heavy atom. The fourth-order valence-electron chi connectivity index (χ4n) is 1.25. The van der Waals surface area contributed by atoms with Crippen molar-refractivity contribution in [1.82, 2.24) is 15.5 Å². The van der Waals surface area contributed by atoms with Gasteiger partial charge in [-0.25, -0.2) is 0 Å². The van der Waals surface area contributed by atoms with Crippen LogP contribution in [0.4, 0.5) is 19.0 Å². The largest absolute Gasteiger partial charge is 0.411 e. The highest BCUT2D eigenvalue weighted by Crippen LogP contribution is 2.14. The van der Waals surface area contributed by atoms with Crippen molar-refractivity contribution >= 4 is 11.7 Å². The van der Waals surface area contributed by atoms with Gasteiger partial charge in [-0.05, 0) is 6.92 Å². The van der Waals surface area contributed by atoms with Crippen molar-refractivity contribution in [2.45, 2.75) is 13.1 Å². The normalized spacial score (nSPS) is 11.6. The van der Waals surface area contributed by atoms with E-state index >= 15 is 0 Å². The minimum Gasteiger partial charge on any atom is -0.382 e. The number of aromatic nitrogens is 2. The number of aryl methyl sites for hydroxylation is 1. The molecular formula is C9H13F3N4O2. The van der Waals surface area contributed by atoms with Gasteiger partial charge in [-0.3, -0.25) is 9.89 Å². The van der Waals surface area contributed by atoms with Crippen LogP contribution in [0.25, 0.3) is 0 Å². The number of rotatable bonds is 5. The second-order valence-corrected chi connectivity index (χ2v) is 3.53. The second-order valence-electron chi connectivity index (χ2n) is 3.53. The lowest BCUT2D eigenvalue weighted by atomic mass is 10.2. The van der Waals surface area contributed by atoms with Crippen LogP contribution in [0.15, 0.2) is 0 Å². The van der Waals surface area contributed by atoms with E-state index < -0.39 is 18.7 Å². The summed E-state index contributed by atoms with van der Waals surface area (Å²) in [6.07, 6.45) is -4.37. The standard InChI is InChI=1S/C9H13F3N4O2/c1-5-6(7(13)16-15-5)8(17)14-2-3-18-4-9(10,11)12/h2-4H2,1H3,(H,14,17)(H3,13,15,16). The Bertz CT molecular complexity index is 397. The maximum absolute atomic E-state index is 11.7. The molecule has 102 valence electrons. The van der Waals surface area contributed by atoms with Crippen LogP contribution in [-0.4, -0.2) is 42.0 Å². The number of alkyl halides is 3. The van der Waals surface area contributed by atoms with Crippen molar-refractivity contribution in [3.63, 3.8) is 0 Å². The van der Waals surface area contributed by atoms with Crippen LogP contribution in [0.3, 0.4) is 0 Å². The van der Waals surface area contributed by atoms with E-state index in [0.29, 0.717) is 5.69 Å². The Morgan fingerprint density at radius 3 is 2.72 bits per heavy atom. The smallest absolute Gasteiger partial charge is 0.382 e. The Hall–Kier alpha value is -1.77. The monoisotopic (exact) mass is 266 g/mol. The van der Waals surface area contributed by atoms with E-state index in [1.807, 2.05) is 0 Å². The molecule has 0 atom stereocenters. The summed E-state index contributed by atoms with van der Waals surface area (Å²) in [6, 6.07) is 0. The maximum atomic E-state index is 11.7. The van der Waals surface area contributed by atoms with Crippen molar-refractivity contribution in [1.29, 1.82) is 0 Å². The summed E-state index contributed by atoms with van der Waals surface area (Å²) in [5.41, 5.74) is 6.12. The van der Waals surface area contributed by atoms with Gasteiger partial charge < -0.3 is 15.8 Å². The number of anilines is 1. The maximum Gasteiger partial charge on any atom is 0.411 e. The van der Waals surface area contributed by atoms with Gasteiger partial charge in [-0.15, -0.1) is 0 Å². The summed E-state index contributed by atoms with van der Waals surface area (Å²) in [7, 11) is 0. The number of carbonyl (C=O) groups excluding carboxylic acids is 1. The molecule has 0 saturated carbocycles. The molecule has 1 aromatic heterocycles. The summed E-state index contributed by atoms with van der Waals surface area (Å²) in [6.45, 7) is -0.00476. The average Bonchev–Trinajstić information content (AvgIpc) is 2.56. The highest BCUT2D eigenvalue weighted by Gasteiger charge is 2.27. The number of halogens is 3. The Balaban J connectivity index is 2.31. The van der Waals surface area contributed by atoms with E-state index in [0.717, 1.165) is 0 Å². The van der Waals surface area contributed by atoms with Crippen LogP contribution in [0.2, 0.25) is 0 Å². The fourth-order valence-corrected chi connectivity index (χ4v) is 1.25. The van der Waals surface area contributed by atoms with Crippen LogP contribution in [0.1, 0.15) is 16.1 Å². The van der Waals surface area contributed by atoms with Gasteiger partial charge in [0.15, 0.2) is 5.82 Å². The lowest BCUT2D eigenvalue weighted by Gasteiger charge is -2.08. The zero-order valence-corrected chi connectivity index (χ0v) is 9.60. The second kappa shape index (κ2) is 5.71. The Morgan fingerprint density at radius 2 is 2.22 bits per heavy atom. The molecule has 0 unspecified atom stereocenters. The number of hydrogen-bond donors (Lipinski definition) is 3. The predicted molar refractivity (Wildman–Crippen MR) is 56.9 cm³/mol. The van der Waals surface area contributed by atoms with Gasteiger partial charge in [0, 0.05) is 12.2 Å². The van der Waals surface area contributed by atoms with E-state index in [4.69, 9.17) is 5.73 Å². The van der Waals surface area contributed by atoms with Gasteiger partial charge in [0.1, 0.15) is 12.2 Å². The van der Waals surface area contributed by atoms with Crippen molar-refractivity contribution in [2.75, 3.05) is 25.5 Å². The third-order valence-corrected chi connectivity index (χ3v) is 2.00. The summed E-state index contributed by atoms with van der Waals surface area (Å²) in [4.78, 5) is 11.6.